The molecule has 18 heavy (non-hydrogen) atoms. The fraction of sp³-hybridized carbons (Fsp3) is 0.308. The molecular formula is C13H15FN2O2. The fourth-order valence-corrected chi connectivity index (χ4v) is 1.50. The number of hydrogen-bond acceptors (Lipinski definition) is 4. The van der Waals surface area contributed by atoms with Gasteiger partial charge in [-0.05, 0) is 12.1 Å². The standard InChI is InChI=1S/C13H15FN2O2/c1-2-13-16-11-4-3-10(5-12(11)18-13)17-8-9(6-14)7-15/h3-6H,2,7-8,15H2,1H3/b9-6-. The zero-order chi connectivity index (χ0) is 13.0. The van der Waals surface area contributed by atoms with Gasteiger partial charge in [0.1, 0.15) is 17.9 Å². The van der Waals surface area contributed by atoms with Crippen LogP contribution in [0.1, 0.15) is 12.8 Å². The van der Waals surface area contributed by atoms with E-state index < -0.39 is 0 Å². The van der Waals surface area contributed by atoms with Crippen molar-refractivity contribution in [3.05, 3.63) is 36.0 Å². The first-order valence-electron chi connectivity index (χ1n) is 5.77. The normalized spacial score (nSPS) is 12.1. The Balaban J connectivity index is 2.14. The van der Waals surface area contributed by atoms with Gasteiger partial charge in [-0.25, -0.2) is 9.37 Å². The maximum atomic E-state index is 12.3. The Bertz CT molecular complexity index is 563. The highest BCUT2D eigenvalue weighted by atomic mass is 19.1. The van der Waals surface area contributed by atoms with Crippen molar-refractivity contribution in [1.29, 1.82) is 0 Å². The van der Waals surface area contributed by atoms with Gasteiger partial charge in [-0.1, -0.05) is 6.92 Å². The highest BCUT2D eigenvalue weighted by Gasteiger charge is 2.06. The number of benzene rings is 1. The number of fused-ring (bicyclic) bond motifs is 1. The largest absolute Gasteiger partial charge is 0.489 e. The Labute approximate surface area is 104 Å². The average molecular weight is 250 g/mol. The van der Waals surface area contributed by atoms with Crippen molar-refractivity contribution >= 4 is 11.1 Å². The first-order valence-corrected chi connectivity index (χ1v) is 5.77. The zero-order valence-electron chi connectivity index (χ0n) is 10.1. The van der Waals surface area contributed by atoms with Crippen LogP contribution in [0.5, 0.6) is 5.75 Å². The maximum absolute atomic E-state index is 12.3. The summed E-state index contributed by atoms with van der Waals surface area (Å²) in [6.07, 6.45) is 1.22. The van der Waals surface area contributed by atoms with E-state index in [0.717, 1.165) is 11.9 Å². The van der Waals surface area contributed by atoms with E-state index in [1.165, 1.54) is 0 Å². The SMILES string of the molecule is CCc1nc2ccc(OC/C(=C\F)CN)cc2o1. The molecule has 0 amide bonds. The maximum Gasteiger partial charge on any atom is 0.195 e. The van der Waals surface area contributed by atoms with Gasteiger partial charge in [0.2, 0.25) is 0 Å². The minimum Gasteiger partial charge on any atom is -0.489 e. The van der Waals surface area contributed by atoms with Crippen molar-refractivity contribution in [1.82, 2.24) is 4.98 Å². The van der Waals surface area contributed by atoms with Crippen LogP contribution in [0.2, 0.25) is 0 Å². The number of ether oxygens (including phenoxy) is 1. The van der Waals surface area contributed by atoms with Gasteiger partial charge < -0.3 is 14.9 Å². The number of hydrogen-bond donors (Lipinski definition) is 1. The fourth-order valence-electron chi connectivity index (χ4n) is 1.50. The second-order valence-electron chi connectivity index (χ2n) is 3.85. The molecule has 0 saturated heterocycles. The lowest BCUT2D eigenvalue weighted by molar-refractivity contribution is 0.347. The zero-order valence-corrected chi connectivity index (χ0v) is 10.1. The van der Waals surface area contributed by atoms with Gasteiger partial charge in [-0.15, -0.1) is 0 Å². The Morgan fingerprint density at radius 2 is 2.39 bits per heavy atom. The monoisotopic (exact) mass is 250 g/mol. The smallest absolute Gasteiger partial charge is 0.195 e. The minimum atomic E-state index is 0.132. The van der Waals surface area contributed by atoms with Crippen molar-refractivity contribution in [2.75, 3.05) is 13.2 Å². The summed E-state index contributed by atoms with van der Waals surface area (Å²) in [4.78, 5) is 4.29. The predicted molar refractivity (Wildman–Crippen MR) is 67.1 cm³/mol. The van der Waals surface area contributed by atoms with Crippen LogP contribution in [-0.2, 0) is 6.42 Å². The van der Waals surface area contributed by atoms with Crippen LogP contribution in [0, 0.1) is 0 Å². The van der Waals surface area contributed by atoms with Crippen LogP contribution in [0.15, 0.2) is 34.5 Å². The van der Waals surface area contributed by atoms with E-state index >= 15 is 0 Å². The molecular weight excluding hydrogens is 235 g/mol. The summed E-state index contributed by atoms with van der Waals surface area (Å²) in [7, 11) is 0. The molecule has 0 unspecified atom stereocenters. The molecule has 5 heteroatoms. The van der Waals surface area contributed by atoms with Crippen molar-refractivity contribution in [3.63, 3.8) is 0 Å². The third kappa shape index (κ3) is 2.68. The van der Waals surface area contributed by atoms with Crippen LogP contribution >= 0.6 is 0 Å². The highest BCUT2D eigenvalue weighted by molar-refractivity contribution is 5.74. The molecule has 0 fully saturated rings. The number of nitrogens with zero attached hydrogens (tertiary/aromatic N) is 1. The third-order valence-electron chi connectivity index (χ3n) is 2.55. The Morgan fingerprint density at radius 1 is 1.56 bits per heavy atom. The molecule has 0 radical (unpaired) electrons. The molecule has 1 heterocycles. The molecule has 0 aliphatic carbocycles. The van der Waals surface area contributed by atoms with Crippen LogP contribution in [0.4, 0.5) is 4.39 Å². The molecule has 2 aromatic rings. The second-order valence-corrected chi connectivity index (χ2v) is 3.85. The lowest BCUT2D eigenvalue weighted by Gasteiger charge is -2.06. The summed E-state index contributed by atoms with van der Waals surface area (Å²) < 4.78 is 23.2. The van der Waals surface area contributed by atoms with Gasteiger partial charge in [-0.2, -0.15) is 0 Å². The van der Waals surface area contributed by atoms with Gasteiger partial charge >= 0.3 is 0 Å². The number of aromatic nitrogens is 1. The van der Waals surface area contributed by atoms with Gasteiger partial charge in [0.15, 0.2) is 11.5 Å². The predicted octanol–water partition coefficient (Wildman–Crippen LogP) is 2.58. The molecule has 0 bridgehead atoms. The molecule has 4 nitrogen and oxygen atoms in total. The van der Waals surface area contributed by atoms with E-state index in [1.54, 1.807) is 12.1 Å². The van der Waals surface area contributed by atoms with Crippen molar-refractivity contribution in [3.8, 4) is 5.75 Å². The van der Waals surface area contributed by atoms with Crippen molar-refractivity contribution in [2.45, 2.75) is 13.3 Å². The lowest BCUT2D eigenvalue weighted by Crippen LogP contribution is -2.10. The molecule has 0 aliphatic rings. The van der Waals surface area contributed by atoms with E-state index in [1.807, 2.05) is 13.0 Å². The lowest BCUT2D eigenvalue weighted by atomic mass is 10.3. The van der Waals surface area contributed by atoms with Crippen molar-refractivity contribution < 1.29 is 13.5 Å². The molecule has 0 aliphatic heterocycles. The number of aryl methyl sites for hydroxylation is 1. The Hall–Kier alpha value is -1.88. The minimum absolute atomic E-state index is 0.132. The summed E-state index contributed by atoms with van der Waals surface area (Å²) >= 11 is 0. The molecule has 2 rings (SSSR count). The quantitative estimate of drug-likeness (QED) is 0.886. The first-order chi connectivity index (χ1) is 8.76. The summed E-state index contributed by atoms with van der Waals surface area (Å²) in [6.45, 7) is 2.25. The molecule has 96 valence electrons. The van der Waals surface area contributed by atoms with E-state index in [0.29, 0.717) is 29.1 Å². The van der Waals surface area contributed by atoms with E-state index in [4.69, 9.17) is 14.9 Å². The Morgan fingerprint density at radius 3 is 3.06 bits per heavy atom. The second kappa shape index (κ2) is 5.64. The first kappa shape index (κ1) is 12.6. The van der Waals surface area contributed by atoms with Crippen LogP contribution in [0.3, 0.4) is 0 Å². The molecule has 2 N–H and O–H groups in total. The van der Waals surface area contributed by atoms with E-state index in [9.17, 15) is 4.39 Å². The van der Waals surface area contributed by atoms with Gasteiger partial charge in [0.25, 0.3) is 0 Å². The number of nitrogens with two attached hydrogens (primary N) is 1. The van der Waals surface area contributed by atoms with E-state index in [-0.39, 0.29) is 13.2 Å². The number of rotatable bonds is 5. The topological polar surface area (TPSA) is 61.3 Å². The summed E-state index contributed by atoms with van der Waals surface area (Å²) in [5.74, 6) is 1.29. The molecule has 0 spiro atoms. The summed E-state index contributed by atoms with van der Waals surface area (Å²) in [6, 6.07) is 5.33. The highest BCUT2D eigenvalue weighted by Crippen LogP contribution is 2.22. The van der Waals surface area contributed by atoms with Gasteiger partial charge in [0.05, 0.1) is 6.33 Å². The van der Waals surface area contributed by atoms with Crippen LogP contribution in [-0.4, -0.2) is 18.1 Å². The average Bonchev–Trinajstić information content (AvgIpc) is 2.82. The van der Waals surface area contributed by atoms with Crippen molar-refractivity contribution in [2.24, 2.45) is 5.73 Å². The Kier molecular flexibility index (Phi) is 3.94. The number of halogens is 1. The molecule has 1 aromatic heterocycles. The molecule has 0 atom stereocenters. The molecule has 0 saturated carbocycles. The van der Waals surface area contributed by atoms with Gasteiger partial charge in [0, 0.05) is 24.6 Å². The summed E-state index contributed by atoms with van der Waals surface area (Å²) in [5.41, 5.74) is 7.21. The van der Waals surface area contributed by atoms with E-state index in [2.05, 4.69) is 4.98 Å². The number of oxazole rings is 1. The molecule has 1 aromatic carbocycles. The van der Waals surface area contributed by atoms with Gasteiger partial charge in [-0.3, -0.25) is 0 Å². The van der Waals surface area contributed by atoms with Crippen LogP contribution in [0.25, 0.3) is 11.1 Å². The summed E-state index contributed by atoms with van der Waals surface area (Å²) in [5, 5.41) is 0. The van der Waals surface area contributed by atoms with Crippen LogP contribution < -0.4 is 10.5 Å². The third-order valence-corrected chi connectivity index (χ3v) is 2.55.